The normalized spacial score (nSPS) is 19.8. The summed E-state index contributed by atoms with van der Waals surface area (Å²) < 4.78 is 9.24. The average Bonchev–Trinajstić information content (AvgIpc) is 3.54. The van der Waals surface area contributed by atoms with Crippen LogP contribution in [0.1, 0.15) is 53.1 Å². The molecule has 152 valence electrons. The molecule has 2 N–H and O–H groups in total. The summed E-state index contributed by atoms with van der Waals surface area (Å²) in [6.45, 7) is 0. The number of carboxylic acid groups (broad SMARTS) is 1. The molecule has 30 heavy (non-hydrogen) atoms. The van der Waals surface area contributed by atoms with E-state index in [1.807, 2.05) is 6.07 Å². The van der Waals surface area contributed by atoms with Crippen LogP contribution in [0.2, 0.25) is 5.02 Å². The summed E-state index contributed by atoms with van der Waals surface area (Å²) in [5.41, 5.74) is 2.25. The van der Waals surface area contributed by atoms with Crippen molar-refractivity contribution in [3.8, 4) is 17.9 Å². The van der Waals surface area contributed by atoms with E-state index in [-0.39, 0.29) is 17.6 Å². The first-order valence-corrected chi connectivity index (χ1v) is 10.8. The van der Waals surface area contributed by atoms with Gasteiger partial charge in [-0.1, -0.05) is 17.7 Å². The minimum atomic E-state index is -0.974. The summed E-state index contributed by atoms with van der Waals surface area (Å²) in [6, 6.07) is 12.7. The van der Waals surface area contributed by atoms with Crippen molar-refractivity contribution in [1.29, 1.82) is 10.5 Å². The Labute approximate surface area is 183 Å². The predicted molar refractivity (Wildman–Crippen MR) is 114 cm³/mol. The third kappa shape index (κ3) is 4.33. The van der Waals surface area contributed by atoms with Gasteiger partial charge in [-0.2, -0.15) is 10.5 Å². The molecule has 0 heterocycles. The molecule has 0 saturated heterocycles. The molecule has 0 aromatic heterocycles. The van der Waals surface area contributed by atoms with Gasteiger partial charge < -0.3 is 14.6 Å². The van der Waals surface area contributed by atoms with Crippen molar-refractivity contribution in [3.05, 3.63) is 52.0 Å². The number of nitrogens with zero attached hydrogens (tertiary/aromatic N) is 2. The summed E-state index contributed by atoms with van der Waals surface area (Å²) in [5, 5.41) is 27.9. The molecule has 2 saturated carbocycles. The van der Waals surface area contributed by atoms with E-state index >= 15 is 0 Å². The van der Waals surface area contributed by atoms with Gasteiger partial charge in [-0.05, 0) is 54.5 Å². The van der Waals surface area contributed by atoms with Crippen LogP contribution in [0.5, 0.6) is 5.75 Å². The van der Waals surface area contributed by atoms with Crippen LogP contribution in [0, 0.1) is 28.6 Å². The zero-order valence-corrected chi connectivity index (χ0v) is 17.5. The number of benzene rings is 2. The first-order valence-electron chi connectivity index (χ1n) is 9.58. The van der Waals surface area contributed by atoms with Gasteiger partial charge in [0, 0.05) is 23.8 Å². The Bertz CT molecular complexity index is 1080. The quantitative estimate of drug-likeness (QED) is 0.541. The highest BCUT2D eigenvalue weighted by atomic mass is 35.5. The first kappa shape index (κ1) is 20.4. The van der Waals surface area contributed by atoms with Crippen molar-refractivity contribution in [2.75, 3.05) is 4.72 Å². The highest BCUT2D eigenvalue weighted by Crippen LogP contribution is 2.45. The molecule has 6 nitrogen and oxygen atoms in total. The van der Waals surface area contributed by atoms with Gasteiger partial charge in [-0.25, -0.2) is 4.79 Å². The van der Waals surface area contributed by atoms with Crippen molar-refractivity contribution in [1.82, 2.24) is 0 Å². The SMILES string of the molecule is N#Cc1cc(NSc2cc(C(=O)O)ccc2C2CC2)c(OC2CC(C#N)C2)cc1Cl. The lowest BCUT2D eigenvalue weighted by molar-refractivity contribution is 0.0696. The van der Waals surface area contributed by atoms with Crippen LogP contribution in [-0.4, -0.2) is 17.2 Å². The van der Waals surface area contributed by atoms with Crippen molar-refractivity contribution in [2.24, 2.45) is 5.92 Å². The number of carbonyl (C=O) groups is 1. The Hall–Kier alpha value is -2.87. The number of hydrogen-bond acceptors (Lipinski definition) is 6. The maximum Gasteiger partial charge on any atom is 0.335 e. The highest BCUT2D eigenvalue weighted by molar-refractivity contribution is 8.00. The number of anilines is 1. The molecule has 0 aliphatic heterocycles. The molecule has 0 radical (unpaired) electrons. The zero-order chi connectivity index (χ0) is 21.3. The molecule has 2 aromatic rings. The fourth-order valence-electron chi connectivity index (χ4n) is 3.36. The smallest absolute Gasteiger partial charge is 0.335 e. The van der Waals surface area contributed by atoms with Crippen LogP contribution in [-0.2, 0) is 0 Å². The largest absolute Gasteiger partial charge is 0.488 e. The lowest BCUT2D eigenvalue weighted by atomic mass is 9.83. The minimum Gasteiger partial charge on any atom is -0.488 e. The summed E-state index contributed by atoms with van der Waals surface area (Å²) >= 11 is 7.49. The van der Waals surface area contributed by atoms with Crippen molar-refractivity contribution in [3.63, 3.8) is 0 Å². The van der Waals surface area contributed by atoms with E-state index in [4.69, 9.17) is 21.6 Å². The van der Waals surface area contributed by atoms with Gasteiger partial charge >= 0.3 is 5.97 Å². The number of nitrogens with one attached hydrogen (secondary N) is 1. The van der Waals surface area contributed by atoms with Crippen molar-refractivity contribution in [2.45, 2.75) is 42.6 Å². The summed E-state index contributed by atoms with van der Waals surface area (Å²) in [7, 11) is 0. The molecule has 8 heteroatoms. The van der Waals surface area contributed by atoms with E-state index in [0.29, 0.717) is 40.8 Å². The second-order valence-corrected chi connectivity index (χ2v) is 8.77. The van der Waals surface area contributed by atoms with Crippen LogP contribution in [0.3, 0.4) is 0 Å². The highest BCUT2D eigenvalue weighted by Gasteiger charge is 2.32. The van der Waals surface area contributed by atoms with E-state index in [1.54, 1.807) is 24.3 Å². The van der Waals surface area contributed by atoms with Gasteiger partial charge in [0.2, 0.25) is 0 Å². The molecule has 0 spiro atoms. The fourth-order valence-corrected chi connectivity index (χ4v) is 4.48. The standard InChI is InChI=1S/C22H18ClN3O3S/c23-18-9-20(29-16-5-12(6-16)10-24)19(7-15(18)11-25)26-30-21-8-14(22(27)28)3-4-17(21)13-1-2-13/h3-4,7-9,12-13,16,26H,1-2,5-6H2,(H,27,28). The molecule has 2 fully saturated rings. The number of hydrogen-bond donors (Lipinski definition) is 2. The third-order valence-electron chi connectivity index (χ3n) is 5.31. The monoisotopic (exact) mass is 439 g/mol. The molecule has 2 aliphatic carbocycles. The molecule has 0 atom stereocenters. The Kier molecular flexibility index (Phi) is 5.76. The van der Waals surface area contributed by atoms with Gasteiger partial charge in [0.25, 0.3) is 0 Å². The van der Waals surface area contributed by atoms with Gasteiger partial charge in [-0.15, -0.1) is 0 Å². The van der Waals surface area contributed by atoms with E-state index in [1.165, 1.54) is 11.9 Å². The maximum atomic E-state index is 11.4. The fraction of sp³-hybridized carbons (Fsp3) is 0.318. The molecule has 2 aliphatic rings. The maximum absolute atomic E-state index is 11.4. The number of ether oxygens (including phenoxy) is 1. The number of aromatic carboxylic acids is 1. The van der Waals surface area contributed by atoms with Crippen LogP contribution in [0.4, 0.5) is 5.69 Å². The number of rotatable bonds is 7. The second-order valence-electron chi connectivity index (χ2n) is 7.51. The van der Waals surface area contributed by atoms with Crippen LogP contribution in [0.15, 0.2) is 35.2 Å². The molecule has 0 unspecified atom stereocenters. The minimum absolute atomic E-state index is 0.00879. The van der Waals surface area contributed by atoms with E-state index in [2.05, 4.69) is 16.9 Å². The number of nitriles is 2. The molecule has 2 aromatic carbocycles. The Morgan fingerprint density at radius 1 is 1.23 bits per heavy atom. The topological polar surface area (TPSA) is 106 Å². The van der Waals surface area contributed by atoms with Crippen LogP contribution < -0.4 is 9.46 Å². The van der Waals surface area contributed by atoms with Crippen LogP contribution in [0.25, 0.3) is 0 Å². The average molecular weight is 440 g/mol. The molecular weight excluding hydrogens is 422 g/mol. The summed E-state index contributed by atoms with van der Waals surface area (Å²) in [4.78, 5) is 12.2. The molecule has 4 rings (SSSR count). The van der Waals surface area contributed by atoms with E-state index in [9.17, 15) is 15.2 Å². The lowest BCUT2D eigenvalue weighted by Crippen LogP contribution is -2.33. The first-order chi connectivity index (χ1) is 14.5. The summed E-state index contributed by atoms with van der Waals surface area (Å²) in [5.74, 6) is -0.00565. The Morgan fingerprint density at radius 3 is 2.63 bits per heavy atom. The van der Waals surface area contributed by atoms with Gasteiger partial charge in [0.05, 0.1) is 33.8 Å². The van der Waals surface area contributed by atoms with Gasteiger partial charge in [-0.3, -0.25) is 0 Å². The summed E-state index contributed by atoms with van der Waals surface area (Å²) in [6.07, 6.45) is 3.44. The molecular formula is C22H18ClN3O3S. The van der Waals surface area contributed by atoms with Gasteiger partial charge in [0.15, 0.2) is 0 Å². The predicted octanol–water partition coefficient (Wildman–Crippen LogP) is 5.59. The van der Waals surface area contributed by atoms with Crippen molar-refractivity contribution >= 4 is 35.2 Å². The third-order valence-corrected chi connectivity index (χ3v) is 6.52. The zero-order valence-electron chi connectivity index (χ0n) is 15.9. The number of halogens is 1. The number of carboxylic acids is 1. The van der Waals surface area contributed by atoms with Crippen molar-refractivity contribution < 1.29 is 14.6 Å². The second kappa shape index (κ2) is 8.47. The van der Waals surface area contributed by atoms with Gasteiger partial charge in [0.1, 0.15) is 17.9 Å². The van der Waals surface area contributed by atoms with E-state index in [0.717, 1.165) is 23.3 Å². The molecule has 0 bridgehead atoms. The van der Waals surface area contributed by atoms with Crippen LogP contribution >= 0.6 is 23.5 Å². The molecule has 0 amide bonds. The van der Waals surface area contributed by atoms with E-state index < -0.39 is 5.97 Å². The Balaban J connectivity index is 1.58. The lowest BCUT2D eigenvalue weighted by Gasteiger charge is -2.31. The Morgan fingerprint density at radius 2 is 2.00 bits per heavy atom.